The van der Waals surface area contributed by atoms with E-state index in [2.05, 4.69) is 5.32 Å². The maximum Gasteiger partial charge on any atom is 0.335 e. The zero-order valence-corrected chi connectivity index (χ0v) is 10.7. The fraction of sp³-hybridized carbons (Fsp3) is 0.0714. The molecule has 0 aliphatic heterocycles. The number of nitrogens with one attached hydrogen (secondary N) is 1. The molecule has 0 saturated heterocycles. The maximum atomic E-state index is 10.7. The highest BCUT2D eigenvalue weighted by Crippen LogP contribution is 2.25. The molecule has 0 amide bonds. The molecule has 20 heavy (non-hydrogen) atoms. The summed E-state index contributed by atoms with van der Waals surface area (Å²) >= 11 is 0. The van der Waals surface area contributed by atoms with E-state index in [-0.39, 0.29) is 11.3 Å². The largest absolute Gasteiger partial charge is 0.478 e. The van der Waals surface area contributed by atoms with Gasteiger partial charge in [0, 0.05) is 23.5 Å². The Kier molecular flexibility index (Phi) is 3.65. The van der Waals surface area contributed by atoms with Crippen molar-refractivity contribution >= 4 is 23.0 Å². The topological polar surface area (TPSA) is 92.5 Å². The molecule has 0 spiro atoms. The summed E-state index contributed by atoms with van der Waals surface area (Å²) in [5, 5.41) is 22.6. The molecular weight excluding hydrogens is 260 g/mol. The van der Waals surface area contributed by atoms with Crippen LogP contribution in [0.1, 0.15) is 15.9 Å². The van der Waals surface area contributed by atoms with Gasteiger partial charge in [0.25, 0.3) is 5.69 Å². The minimum absolute atomic E-state index is 0.000237. The first kappa shape index (κ1) is 13.5. The van der Waals surface area contributed by atoms with Gasteiger partial charge in [-0.3, -0.25) is 10.1 Å². The number of hydrogen-bond donors (Lipinski definition) is 2. The van der Waals surface area contributed by atoms with Crippen LogP contribution < -0.4 is 5.32 Å². The first-order valence-corrected chi connectivity index (χ1v) is 5.83. The van der Waals surface area contributed by atoms with Crippen LogP contribution in [0.4, 0.5) is 17.1 Å². The predicted octanol–water partition coefficient (Wildman–Crippen LogP) is 3.35. The average Bonchev–Trinajstić information content (AvgIpc) is 2.41. The van der Waals surface area contributed by atoms with Gasteiger partial charge < -0.3 is 10.4 Å². The monoisotopic (exact) mass is 272 g/mol. The number of nitro groups is 1. The first-order valence-electron chi connectivity index (χ1n) is 5.83. The molecule has 0 saturated carbocycles. The van der Waals surface area contributed by atoms with Crippen molar-refractivity contribution in [2.75, 3.05) is 5.32 Å². The Morgan fingerprint density at radius 1 is 1.20 bits per heavy atom. The molecule has 0 bridgehead atoms. The molecule has 102 valence electrons. The Labute approximate surface area is 114 Å². The average molecular weight is 272 g/mol. The Morgan fingerprint density at radius 3 is 2.40 bits per heavy atom. The van der Waals surface area contributed by atoms with Crippen LogP contribution in [0.25, 0.3) is 0 Å². The highest BCUT2D eigenvalue weighted by atomic mass is 16.6. The quantitative estimate of drug-likeness (QED) is 0.657. The van der Waals surface area contributed by atoms with Crippen molar-refractivity contribution in [3.63, 3.8) is 0 Å². The molecule has 0 fully saturated rings. The third-order valence-corrected chi connectivity index (χ3v) is 2.84. The number of carboxylic acids is 1. The Balaban J connectivity index is 2.27. The first-order chi connectivity index (χ1) is 9.47. The van der Waals surface area contributed by atoms with E-state index in [9.17, 15) is 14.9 Å². The molecule has 2 aromatic rings. The second kappa shape index (κ2) is 5.40. The molecule has 0 radical (unpaired) electrons. The minimum Gasteiger partial charge on any atom is -0.478 e. The SMILES string of the molecule is Cc1ccc([N+](=O)[O-])cc1Nc1ccc(C(=O)O)cc1. The maximum absolute atomic E-state index is 10.7. The van der Waals surface area contributed by atoms with Crippen LogP contribution in [0.2, 0.25) is 0 Å². The van der Waals surface area contributed by atoms with Crippen molar-refractivity contribution in [1.29, 1.82) is 0 Å². The van der Waals surface area contributed by atoms with Crippen LogP contribution in [0.15, 0.2) is 42.5 Å². The highest BCUT2D eigenvalue weighted by molar-refractivity contribution is 5.88. The van der Waals surface area contributed by atoms with Crippen LogP contribution in [-0.4, -0.2) is 16.0 Å². The lowest BCUT2D eigenvalue weighted by Crippen LogP contribution is -1.98. The number of nitro benzene ring substituents is 1. The Morgan fingerprint density at radius 2 is 1.85 bits per heavy atom. The van der Waals surface area contributed by atoms with E-state index >= 15 is 0 Å². The van der Waals surface area contributed by atoms with Crippen molar-refractivity contribution in [3.8, 4) is 0 Å². The summed E-state index contributed by atoms with van der Waals surface area (Å²) in [6.45, 7) is 1.83. The molecule has 6 heteroatoms. The highest BCUT2D eigenvalue weighted by Gasteiger charge is 2.09. The number of benzene rings is 2. The number of carbonyl (C=O) groups is 1. The molecule has 2 aromatic carbocycles. The summed E-state index contributed by atoms with van der Waals surface area (Å²) < 4.78 is 0. The van der Waals surface area contributed by atoms with E-state index in [0.717, 1.165) is 5.56 Å². The second-order valence-electron chi connectivity index (χ2n) is 4.26. The minimum atomic E-state index is -0.997. The Hall–Kier alpha value is -2.89. The standard InChI is InChI=1S/C14H12N2O4/c1-9-2-7-12(16(19)20)8-13(9)15-11-5-3-10(4-6-11)14(17)18/h2-8,15H,1H3,(H,17,18). The van der Waals surface area contributed by atoms with Crippen molar-refractivity contribution in [2.45, 2.75) is 6.92 Å². The van der Waals surface area contributed by atoms with E-state index in [1.807, 2.05) is 6.92 Å². The van der Waals surface area contributed by atoms with Crippen molar-refractivity contribution in [3.05, 3.63) is 63.7 Å². The summed E-state index contributed by atoms with van der Waals surface area (Å²) in [5.74, 6) is -0.997. The molecule has 0 aromatic heterocycles. The lowest BCUT2D eigenvalue weighted by Gasteiger charge is -2.09. The number of anilines is 2. The van der Waals surface area contributed by atoms with Crippen LogP contribution >= 0.6 is 0 Å². The van der Waals surface area contributed by atoms with Gasteiger partial charge in [0.2, 0.25) is 0 Å². The van der Waals surface area contributed by atoms with Crippen molar-refractivity contribution in [2.24, 2.45) is 0 Å². The number of aryl methyl sites for hydroxylation is 1. The smallest absolute Gasteiger partial charge is 0.335 e. The summed E-state index contributed by atoms with van der Waals surface area (Å²) in [6, 6.07) is 10.7. The zero-order chi connectivity index (χ0) is 14.7. The molecule has 2 N–H and O–H groups in total. The number of hydrogen-bond acceptors (Lipinski definition) is 4. The summed E-state index contributed by atoms with van der Waals surface area (Å²) in [4.78, 5) is 21.0. The van der Waals surface area contributed by atoms with E-state index in [1.54, 1.807) is 18.2 Å². The molecule has 0 unspecified atom stereocenters. The number of rotatable bonds is 4. The van der Waals surface area contributed by atoms with E-state index in [4.69, 9.17) is 5.11 Å². The Bertz CT molecular complexity index is 665. The van der Waals surface area contributed by atoms with E-state index in [1.165, 1.54) is 24.3 Å². The molecule has 0 heterocycles. The van der Waals surface area contributed by atoms with Crippen molar-refractivity contribution < 1.29 is 14.8 Å². The van der Waals surface area contributed by atoms with Gasteiger partial charge in [-0.25, -0.2) is 4.79 Å². The molecule has 0 aliphatic carbocycles. The summed E-state index contributed by atoms with van der Waals surface area (Å²) in [6.07, 6.45) is 0. The van der Waals surface area contributed by atoms with E-state index in [0.29, 0.717) is 11.4 Å². The summed E-state index contributed by atoms with van der Waals surface area (Å²) in [7, 11) is 0. The molecule has 0 atom stereocenters. The fourth-order valence-electron chi connectivity index (χ4n) is 1.71. The molecule has 2 rings (SSSR count). The van der Waals surface area contributed by atoms with Gasteiger partial charge >= 0.3 is 5.97 Å². The summed E-state index contributed by atoms with van der Waals surface area (Å²) in [5.41, 5.74) is 2.32. The van der Waals surface area contributed by atoms with Crippen LogP contribution in [-0.2, 0) is 0 Å². The van der Waals surface area contributed by atoms with Crippen LogP contribution in [0.5, 0.6) is 0 Å². The van der Waals surface area contributed by atoms with Gasteiger partial charge in [-0.15, -0.1) is 0 Å². The van der Waals surface area contributed by atoms with Crippen LogP contribution in [0, 0.1) is 17.0 Å². The third-order valence-electron chi connectivity index (χ3n) is 2.84. The zero-order valence-electron chi connectivity index (χ0n) is 10.7. The van der Waals surface area contributed by atoms with Gasteiger partial charge in [-0.1, -0.05) is 6.07 Å². The second-order valence-corrected chi connectivity index (χ2v) is 4.26. The van der Waals surface area contributed by atoms with Gasteiger partial charge in [-0.05, 0) is 36.8 Å². The number of aromatic carboxylic acids is 1. The van der Waals surface area contributed by atoms with Crippen molar-refractivity contribution in [1.82, 2.24) is 0 Å². The van der Waals surface area contributed by atoms with Gasteiger partial charge in [-0.2, -0.15) is 0 Å². The number of nitrogens with zero attached hydrogens (tertiary/aromatic N) is 1. The molecular formula is C14H12N2O4. The van der Waals surface area contributed by atoms with E-state index < -0.39 is 10.9 Å². The predicted molar refractivity (Wildman–Crippen MR) is 74.5 cm³/mol. The lowest BCUT2D eigenvalue weighted by molar-refractivity contribution is -0.384. The van der Waals surface area contributed by atoms with Gasteiger partial charge in [0.15, 0.2) is 0 Å². The molecule has 6 nitrogen and oxygen atoms in total. The number of non-ortho nitro benzene ring substituents is 1. The molecule has 0 aliphatic rings. The van der Waals surface area contributed by atoms with Gasteiger partial charge in [0.05, 0.1) is 10.5 Å². The third kappa shape index (κ3) is 2.92. The van der Waals surface area contributed by atoms with Crippen LogP contribution in [0.3, 0.4) is 0 Å². The normalized spacial score (nSPS) is 10.1. The van der Waals surface area contributed by atoms with Gasteiger partial charge in [0.1, 0.15) is 0 Å². The lowest BCUT2D eigenvalue weighted by atomic mass is 10.1. The number of carboxylic acid groups (broad SMARTS) is 1. The fourth-order valence-corrected chi connectivity index (χ4v) is 1.71.